The minimum absolute atomic E-state index is 0.00202. The summed E-state index contributed by atoms with van der Waals surface area (Å²) in [5.74, 6) is 0.578. The Morgan fingerprint density at radius 3 is 2.41 bits per heavy atom. The number of ether oxygens (including phenoxy) is 1. The first kappa shape index (κ1) is 20.5. The summed E-state index contributed by atoms with van der Waals surface area (Å²) in [6.07, 6.45) is 3.22. The van der Waals surface area contributed by atoms with Crippen LogP contribution < -0.4 is 20.3 Å². The molecule has 3 rings (SSSR count). The fraction of sp³-hybridized carbons (Fsp3) is 0.364. The molecule has 154 valence electrons. The van der Waals surface area contributed by atoms with Crippen LogP contribution in [0.5, 0.6) is 5.75 Å². The number of carbonyl (C=O) groups is 2. The number of rotatable bonds is 5. The van der Waals surface area contributed by atoms with Gasteiger partial charge in [0.2, 0.25) is 0 Å². The molecule has 0 atom stereocenters. The molecule has 1 aliphatic rings. The zero-order valence-electron chi connectivity index (χ0n) is 17.2. The number of amides is 3. The molecule has 0 bridgehead atoms. The summed E-state index contributed by atoms with van der Waals surface area (Å²) in [7, 11) is 5.37. The smallest absolute Gasteiger partial charge is 0.323 e. The van der Waals surface area contributed by atoms with E-state index in [9.17, 15) is 9.59 Å². The van der Waals surface area contributed by atoms with Gasteiger partial charge in [-0.1, -0.05) is 12.1 Å². The predicted molar refractivity (Wildman–Crippen MR) is 116 cm³/mol. The van der Waals surface area contributed by atoms with Crippen molar-refractivity contribution in [2.75, 3.05) is 49.8 Å². The number of likely N-dealkylation sites (tertiary alicyclic amines) is 1. The van der Waals surface area contributed by atoms with E-state index in [0.717, 1.165) is 38.0 Å². The molecule has 1 fully saturated rings. The maximum Gasteiger partial charge on any atom is 0.323 e. The monoisotopic (exact) mass is 396 g/mol. The van der Waals surface area contributed by atoms with Crippen molar-refractivity contribution in [1.82, 2.24) is 4.90 Å². The Kier molecular flexibility index (Phi) is 6.59. The van der Waals surface area contributed by atoms with Gasteiger partial charge in [-0.2, -0.15) is 0 Å². The van der Waals surface area contributed by atoms with Crippen molar-refractivity contribution in [2.24, 2.45) is 0 Å². The summed E-state index contributed by atoms with van der Waals surface area (Å²) < 4.78 is 5.26. The molecule has 2 aromatic rings. The number of nitrogens with zero attached hydrogens (tertiary/aromatic N) is 2. The highest BCUT2D eigenvalue weighted by Crippen LogP contribution is 2.27. The molecule has 1 aliphatic heterocycles. The van der Waals surface area contributed by atoms with E-state index in [2.05, 4.69) is 10.6 Å². The van der Waals surface area contributed by atoms with Crippen LogP contribution in [0.25, 0.3) is 0 Å². The Morgan fingerprint density at radius 1 is 1.00 bits per heavy atom. The highest BCUT2D eigenvalue weighted by Gasteiger charge is 2.22. The highest BCUT2D eigenvalue weighted by atomic mass is 16.5. The first-order chi connectivity index (χ1) is 14.0. The van der Waals surface area contributed by atoms with Crippen LogP contribution in [0, 0.1) is 0 Å². The minimum Gasteiger partial charge on any atom is -0.495 e. The molecule has 2 N–H and O–H groups in total. The number of methoxy groups -OCH3 is 1. The van der Waals surface area contributed by atoms with E-state index >= 15 is 0 Å². The Hall–Kier alpha value is -3.22. The molecule has 2 aromatic carbocycles. The van der Waals surface area contributed by atoms with E-state index < -0.39 is 6.03 Å². The molecule has 7 nitrogen and oxygen atoms in total. The fourth-order valence-corrected chi connectivity index (χ4v) is 3.47. The Balaban J connectivity index is 1.79. The summed E-state index contributed by atoms with van der Waals surface area (Å²) >= 11 is 0. The van der Waals surface area contributed by atoms with Crippen LogP contribution in [-0.4, -0.2) is 51.1 Å². The number of nitrogens with one attached hydrogen (secondary N) is 2. The summed E-state index contributed by atoms with van der Waals surface area (Å²) in [5.41, 5.74) is 2.55. The van der Waals surface area contributed by atoms with E-state index in [4.69, 9.17) is 4.74 Å². The molecule has 0 unspecified atom stereocenters. The first-order valence-electron chi connectivity index (χ1n) is 9.81. The normalized spacial score (nSPS) is 13.6. The van der Waals surface area contributed by atoms with Gasteiger partial charge in [0.1, 0.15) is 5.75 Å². The van der Waals surface area contributed by atoms with E-state index in [1.807, 2.05) is 42.1 Å². The Morgan fingerprint density at radius 2 is 1.72 bits per heavy atom. The summed E-state index contributed by atoms with van der Waals surface area (Å²) in [6.45, 7) is 1.55. The lowest BCUT2D eigenvalue weighted by Crippen LogP contribution is -2.36. The second kappa shape index (κ2) is 9.32. The maximum atomic E-state index is 13.1. The minimum atomic E-state index is -0.400. The fourth-order valence-electron chi connectivity index (χ4n) is 3.47. The second-order valence-corrected chi connectivity index (χ2v) is 7.26. The lowest BCUT2D eigenvalue weighted by Gasteiger charge is -2.28. The second-order valence-electron chi connectivity index (χ2n) is 7.26. The number of hydrogen-bond donors (Lipinski definition) is 2. The Bertz CT molecular complexity index is 876. The van der Waals surface area contributed by atoms with Crippen molar-refractivity contribution in [1.29, 1.82) is 0 Å². The third-order valence-corrected chi connectivity index (χ3v) is 4.97. The third kappa shape index (κ3) is 4.99. The molecule has 0 aliphatic carbocycles. The summed E-state index contributed by atoms with van der Waals surface area (Å²) in [5, 5.41) is 5.59. The van der Waals surface area contributed by atoms with Crippen molar-refractivity contribution in [3.8, 4) is 5.75 Å². The lowest BCUT2D eigenvalue weighted by atomic mass is 10.1. The zero-order valence-corrected chi connectivity index (χ0v) is 17.2. The van der Waals surface area contributed by atoms with Crippen LogP contribution in [0.1, 0.15) is 29.6 Å². The molecule has 29 heavy (non-hydrogen) atoms. The molecular weight excluding hydrogens is 368 g/mol. The molecule has 7 heteroatoms. The van der Waals surface area contributed by atoms with Crippen molar-refractivity contribution in [3.63, 3.8) is 0 Å². The van der Waals surface area contributed by atoms with Crippen LogP contribution in [-0.2, 0) is 0 Å². The summed E-state index contributed by atoms with van der Waals surface area (Å²) in [6, 6.07) is 12.2. The standard InChI is InChI=1S/C22H28N4O3/c1-25(2)19-12-11-16(15-17(19)21(27)26-13-7-4-8-14-26)23-22(28)24-18-9-5-6-10-20(18)29-3/h5-6,9-12,15H,4,7-8,13-14H2,1-3H3,(H2,23,24,28). The van der Waals surface area contributed by atoms with Crippen LogP contribution in [0.3, 0.4) is 0 Å². The SMILES string of the molecule is COc1ccccc1NC(=O)Nc1ccc(N(C)C)c(C(=O)N2CCCCC2)c1. The number of piperidine rings is 1. The van der Waals surface area contributed by atoms with Crippen molar-refractivity contribution in [3.05, 3.63) is 48.0 Å². The molecule has 0 radical (unpaired) electrons. The molecule has 0 saturated carbocycles. The van der Waals surface area contributed by atoms with Gasteiger partial charge in [-0.3, -0.25) is 4.79 Å². The summed E-state index contributed by atoms with van der Waals surface area (Å²) in [4.78, 5) is 29.4. The number of benzene rings is 2. The number of carbonyl (C=O) groups excluding carboxylic acids is 2. The van der Waals surface area contributed by atoms with E-state index in [0.29, 0.717) is 22.7 Å². The van der Waals surface area contributed by atoms with Gasteiger partial charge in [-0.15, -0.1) is 0 Å². The predicted octanol–water partition coefficient (Wildman–Crippen LogP) is 4.03. The molecule has 0 aromatic heterocycles. The quantitative estimate of drug-likeness (QED) is 0.800. The van der Waals surface area contributed by atoms with Gasteiger partial charge in [-0.05, 0) is 49.6 Å². The zero-order chi connectivity index (χ0) is 20.8. The number of urea groups is 1. The lowest BCUT2D eigenvalue weighted by molar-refractivity contribution is 0.0725. The van der Waals surface area contributed by atoms with Crippen LogP contribution in [0.15, 0.2) is 42.5 Å². The van der Waals surface area contributed by atoms with Gasteiger partial charge in [0.25, 0.3) is 5.91 Å². The van der Waals surface area contributed by atoms with E-state index in [-0.39, 0.29) is 5.91 Å². The number of para-hydroxylation sites is 2. The number of anilines is 3. The van der Waals surface area contributed by atoms with Crippen LogP contribution >= 0.6 is 0 Å². The molecule has 3 amide bonds. The molecule has 1 saturated heterocycles. The highest BCUT2D eigenvalue weighted by molar-refractivity contribution is 6.04. The van der Waals surface area contributed by atoms with Gasteiger partial charge in [0.15, 0.2) is 0 Å². The maximum absolute atomic E-state index is 13.1. The van der Waals surface area contributed by atoms with Gasteiger partial charge >= 0.3 is 6.03 Å². The third-order valence-electron chi connectivity index (χ3n) is 4.97. The molecule has 1 heterocycles. The van der Waals surface area contributed by atoms with Gasteiger partial charge < -0.3 is 25.2 Å². The average Bonchev–Trinajstić information content (AvgIpc) is 2.74. The van der Waals surface area contributed by atoms with Crippen LogP contribution in [0.4, 0.5) is 21.9 Å². The Labute approximate surface area is 171 Å². The van der Waals surface area contributed by atoms with Crippen LogP contribution in [0.2, 0.25) is 0 Å². The first-order valence-corrected chi connectivity index (χ1v) is 9.81. The van der Waals surface area contributed by atoms with E-state index in [1.165, 1.54) is 0 Å². The topological polar surface area (TPSA) is 73.9 Å². The van der Waals surface area contributed by atoms with Crippen molar-refractivity contribution < 1.29 is 14.3 Å². The molecular formula is C22H28N4O3. The number of hydrogen-bond acceptors (Lipinski definition) is 4. The van der Waals surface area contributed by atoms with Gasteiger partial charge in [0, 0.05) is 38.6 Å². The van der Waals surface area contributed by atoms with Crippen molar-refractivity contribution in [2.45, 2.75) is 19.3 Å². The average molecular weight is 396 g/mol. The van der Waals surface area contributed by atoms with Gasteiger partial charge in [-0.25, -0.2) is 4.79 Å². The van der Waals surface area contributed by atoms with E-state index in [1.54, 1.807) is 31.4 Å². The van der Waals surface area contributed by atoms with Gasteiger partial charge in [0.05, 0.1) is 18.4 Å². The largest absolute Gasteiger partial charge is 0.495 e. The molecule has 0 spiro atoms. The van der Waals surface area contributed by atoms with Crippen molar-refractivity contribution >= 4 is 29.0 Å².